The van der Waals surface area contributed by atoms with Crippen LogP contribution in [0.1, 0.15) is 156 Å². The Morgan fingerprint density at radius 3 is 0.757 bits per heavy atom. The van der Waals surface area contributed by atoms with Crippen molar-refractivity contribution in [2.24, 2.45) is 0 Å². The first-order valence-electron chi connectivity index (χ1n) is 15.4. The summed E-state index contributed by atoms with van der Waals surface area (Å²) in [4.78, 5) is 4.45. The summed E-state index contributed by atoms with van der Waals surface area (Å²) in [7, 11) is 0. The van der Waals surface area contributed by atoms with E-state index >= 15 is 0 Å². The van der Waals surface area contributed by atoms with Gasteiger partial charge in [-0.15, -0.1) is 0 Å². The van der Waals surface area contributed by atoms with E-state index in [9.17, 15) is 0 Å². The third kappa shape index (κ3) is 32.8. The molecule has 0 saturated carbocycles. The predicted molar refractivity (Wildman–Crippen MR) is 178 cm³/mol. The van der Waals surface area contributed by atoms with Crippen LogP contribution in [0.3, 0.4) is 0 Å². The van der Waals surface area contributed by atoms with Crippen LogP contribution in [0, 0.1) is 0 Å². The van der Waals surface area contributed by atoms with Crippen molar-refractivity contribution in [2.45, 2.75) is 156 Å². The maximum Gasteiger partial charge on any atom is 2.00 e. The first kappa shape index (κ1) is 42.2. The summed E-state index contributed by atoms with van der Waals surface area (Å²) in [6.07, 6.45) is 26.3. The van der Waals surface area contributed by atoms with Crippen molar-refractivity contribution >= 4 is 58.3 Å². The van der Waals surface area contributed by atoms with Crippen LogP contribution in [0.5, 0.6) is 0 Å². The Bertz CT molecular complexity index is 410. The molecule has 0 atom stereocenters. The number of rotatable bonds is 24. The van der Waals surface area contributed by atoms with Crippen molar-refractivity contribution < 1.29 is 17.1 Å². The average molecular weight is 641 g/mol. The van der Waals surface area contributed by atoms with Crippen LogP contribution < -0.4 is 0 Å². The molecule has 0 unspecified atom stereocenters. The average Bonchev–Trinajstić information content (AvgIpc) is 2.85. The molecule has 0 N–H and O–H groups in total. The molecule has 0 aromatic heterocycles. The van der Waals surface area contributed by atoms with Gasteiger partial charge in [0.05, 0.1) is 0 Å². The van der Waals surface area contributed by atoms with Crippen molar-refractivity contribution in [1.82, 2.24) is 9.80 Å². The Morgan fingerprint density at radius 1 is 0.405 bits per heavy atom. The minimum atomic E-state index is 0. The second kappa shape index (κ2) is 34.8. The molecule has 0 fully saturated rings. The molecule has 0 saturated heterocycles. The molecule has 7 heteroatoms. The second-order valence-electron chi connectivity index (χ2n) is 10.2. The van der Waals surface area contributed by atoms with Gasteiger partial charge >= 0.3 is 17.1 Å². The fourth-order valence-electron chi connectivity index (χ4n) is 4.21. The predicted octanol–water partition coefficient (Wildman–Crippen LogP) is 10.1. The van der Waals surface area contributed by atoms with Gasteiger partial charge in [-0.25, -0.2) is 0 Å². The molecule has 0 aromatic rings. The van der Waals surface area contributed by atoms with E-state index in [0.717, 1.165) is 26.2 Å². The Hall–Kier alpha value is 0.739. The van der Waals surface area contributed by atoms with Gasteiger partial charge in [0.1, 0.15) is 0 Å². The second-order valence-corrected chi connectivity index (χ2v) is 12.2. The fraction of sp³-hybridized carbons (Fsp3) is 0.933. The molecule has 37 heavy (non-hydrogen) atoms. The minimum Gasteiger partial charge on any atom is -0.411 e. The van der Waals surface area contributed by atoms with Crippen molar-refractivity contribution in [3.8, 4) is 0 Å². The Kier molecular flexibility index (Phi) is 39.7. The summed E-state index contributed by atoms with van der Waals surface area (Å²) in [5, 5.41) is 0. The zero-order chi connectivity index (χ0) is 27.3. The van der Waals surface area contributed by atoms with Crippen LogP contribution >= 0.6 is 24.4 Å². The molecule has 0 rings (SSSR count). The van der Waals surface area contributed by atoms with E-state index in [4.69, 9.17) is 49.7 Å². The third-order valence-electron chi connectivity index (χ3n) is 6.64. The molecule has 0 spiro atoms. The van der Waals surface area contributed by atoms with Crippen molar-refractivity contribution in [2.75, 3.05) is 26.2 Å². The SMILES string of the molecule is CCCCCCCN(CCCCCCC)C(=S)[S-].CCCCCCCN(CCCCCCC)C(=S)[S-].[Cu+2]. The zero-order valence-electron chi connectivity index (χ0n) is 24.8. The summed E-state index contributed by atoms with van der Waals surface area (Å²) in [5.74, 6) is 0. The first-order valence-corrected chi connectivity index (χ1v) is 17.0. The molecule has 0 bridgehead atoms. The molecule has 0 aromatic carbocycles. The fourth-order valence-corrected chi connectivity index (χ4v) is 4.94. The number of thiocarbonyl (C=S) groups is 2. The maximum absolute atomic E-state index is 5.16. The van der Waals surface area contributed by atoms with Gasteiger partial charge in [-0.3, -0.25) is 0 Å². The van der Waals surface area contributed by atoms with Crippen LogP contribution in [0.2, 0.25) is 0 Å². The van der Waals surface area contributed by atoms with Gasteiger partial charge in [0, 0.05) is 26.2 Å². The summed E-state index contributed by atoms with van der Waals surface area (Å²) >= 11 is 20.6. The maximum atomic E-state index is 5.16. The number of hydrogen-bond donors (Lipinski definition) is 0. The van der Waals surface area contributed by atoms with Crippen LogP contribution in [0.25, 0.3) is 0 Å². The number of unbranched alkanes of at least 4 members (excludes halogenated alkanes) is 16. The quantitative estimate of drug-likeness (QED) is 0.0445. The van der Waals surface area contributed by atoms with E-state index in [1.165, 1.54) is 128 Å². The third-order valence-corrected chi connectivity index (χ3v) is 7.68. The van der Waals surface area contributed by atoms with Crippen molar-refractivity contribution in [3.05, 3.63) is 0 Å². The summed E-state index contributed by atoms with van der Waals surface area (Å²) in [5.41, 5.74) is 0. The Labute approximate surface area is 265 Å². The van der Waals surface area contributed by atoms with E-state index < -0.39 is 0 Å². The van der Waals surface area contributed by atoms with E-state index in [1.807, 2.05) is 0 Å². The normalized spacial score (nSPS) is 10.3. The monoisotopic (exact) mass is 639 g/mol. The van der Waals surface area contributed by atoms with Gasteiger partial charge in [-0.1, -0.05) is 139 Å². The minimum absolute atomic E-state index is 0. The van der Waals surface area contributed by atoms with Crippen LogP contribution in [-0.4, -0.2) is 44.6 Å². The van der Waals surface area contributed by atoms with E-state index in [1.54, 1.807) is 0 Å². The van der Waals surface area contributed by atoms with E-state index in [0.29, 0.717) is 8.64 Å². The Morgan fingerprint density at radius 2 is 0.595 bits per heavy atom. The summed E-state index contributed by atoms with van der Waals surface area (Å²) in [6, 6.07) is 0. The Balaban J connectivity index is -0.000000608. The number of nitrogens with zero attached hydrogens (tertiary/aromatic N) is 2. The smallest absolute Gasteiger partial charge is 0.411 e. The zero-order valence-corrected chi connectivity index (χ0v) is 29.0. The van der Waals surface area contributed by atoms with Gasteiger partial charge in [0.25, 0.3) is 0 Å². The molecular weight excluding hydrogens is 580 g/mol. The molecule has 0 aliphatic heterocycles. The van der Waals surface area contributed by atoms with Crippen LogP contribution in [0.4, 0.5) is 0 Å². The van der Waals surface area contributed by atoms with Gasteiger partial charge in [-0.2, -0.15) is 0 Å². The molecule has 0 amide bonds. The molecule has 0 aliphatic carbocycles. The summed E-state index contributed by atoms with van der Waals surface area (Å²) in [6.45, 7) is 13.3. The topological polar surface area (TPSA) is 6.48 Å². The molecule has 2 nitrogen and oxygen atoms in total. The van der Waals surface area contributed by atoms with Crippen LogP contribution in [-0.2, 0) is 42.3 Å². The largest absolute Gasteiger partial charge is 2.00 e. The molecule has 0 aliphatic rings. The van der Waals surface area contributed by atoms with Crippen LogP contribution in [0.15, 0.2) is 0 Å². The van der Waals surface area contributed by atoms with Crippen molar-refractivity contribution in [1.29, 1.82) is 0 Å². The van der Waals surface area contributed by atoms with Crippen molar-refractivity contribution in [3.63, 3.8) is 0 Å². The van der Waals surface area contributed by atoms with Gasteiger partial charge in [0.2, 0.25) is 0 Å². The van der Waals surface area contributed by atoms with Gasteiger partial charge in [-0.05, 0) is 25.7 Å². The van der Waals surface area contributed by atoms with E-state index in [2.05, 4.69) is 37.5 Å². The van der Waals surface area contributed by atoms with Gasteiger partial charge < -0.3 is 59.5 Å². The first-order chi connectivity index (χ1) is 17.4. The molecule has 225 valence electrons. The van der Waals surface area contributed by atoms with E-state index in [-0.39, 0.29) is 17.1 Å². The number of hydrogen-bond acceptors (Lipinski definition) is 4. The standard InChI is InChI=1S/2C15H31NS2.Cu/c2*1-3-5-7-9-11-13-16(15(17)18)14-12-10-8-6-4-2;/h2*3-14H2,1-2H3,(H,17,18);/q;;+2/p-2. The molecule has 1 radical (unpaired) electrons. The molecule has 0 heterocycles. The van der Waals surface area contributed by atoms with Gasteiger partial charge in [0.15, 0.2) is 0 Å². The molecular formula is C30H60CuN2S4. The summed E-state index contributed by atoms with van der Waals surface area (Å²) < 4.78 is 1.34.